The van der Waals surface area contributed by atoms with Gasteiger partial charge in [0.1, 0.15) is 0 Å². The first-order chi connectivity index (χ1) is 8.79. The first-order valence-corrected chi connectivity index (χ1v) is 8.79. The molecule has 4 bridgehead atoms. The Morgan fingerprint density at radius 3 is 2.11 bits per heavy atom. The van der Waals surface area contributed by atoms with Gasteiger partial charge >= 0.3 is 0 Å². The van der Waals surface area contributed by atoms with E-state index in [0.717, 1.165) is 41.4 Å². The van der Waals surface area contributed by atoms with Crippen molar-refractivity contribution in [2.75, 3.05) is 0 Å². The van der Waals surface area contributed by atoms with E-state index in [-0.39, 0.29) is 0 Å². The van der Waals surface area contributed by atoms with Crippen molar-refractivity contribution < 1.29 is 0 Å². The van der Waals surface area contributed by atoms with Gasteiger partial charge in [-0.3, -0.25) is 0 Å². The molecule has 0 aromatic carbocycles. The van der Waals surface area contributed by atoms with Gasteiger partial charge in [0.05, 0.1) is 0 Å². The zero-order chi connectivity index (χ0) is 12.1. The highest BCUT2D eigenvalue weighted by Crippen LogP contribution is 2.53. The third-order valence-electron chi connectivity index (χ3n) is 7.40. The van der Waals surface area contributed by atoms with Gasteiger partial charge in [-0.25, -0.2) is 0 Å². The summed E-state index contributed by atoms with van der Waals surface area (Å²) in [5.74, 6) is 7.90. The quantitative estimate of drug-likeness (QED) is 0.633. The van der Waals surface area contributed by atoms with Gasteiger partial charge in [0.25, 0.3) is 0 Å². The molecule has 0 radical (unpaired) electrons. The summed E-state index contributed by atoms with van der Waals surface area (Å²) in [7, 11) is 0. The summed E-state index contributed by atoms with van der Waals surface area (Å²) in [4.78, 5) is 0. The molecular formula is C18H30. The van der Waals surface area contributed by atoms with Crippen LogP contribution >= 0.6 is 0 Å². The fourth-order valence-electron chi connectivity index (χ4n) is 6.41. The fraction of sp³-hybridized carbons (Fsp3) is 1.00. The van der Waals surface area contributed by atoms with E-state index in [1.165, 1.54) is 0 Å². The van der Waals surface area contributed by atoms with Crippen LogP contribution in [-0.4, -0.2) is 0 Å². The summed E-state index contributed by atoms with van der Waals surface area (Å²) in [5.41, 5.74) is 0. The topological polar surface area (TPSA) is 0 Å². The van der Waals surface area contributed by atoms with Gasteiger partial charge in [-0.15, -0.1) is 0 Å². The molecule has 0 aromatic rings. The molecule has 0 aliphatic heterocycles. The Bertz CT molecular complexity index is 307. The van der Waals surface area contributed by atoms with Crippen LogP contribution in [0.4, 0.5) is 0 Å². The van der Waals surface area contributed by atoms with Crippen molar-refractivity contribution in [2.24, 2.45) is 41.4 Å². The number of fused-ring (bicyclic) bond motifs is 4. The van der Waals surface area contributed by atoms with Crippen LogP contribution in [0.3, 0.4) is 0 Å². The monoisotopic (exact) mass is 246 g/mol. The summed E-state index contributed by atoms with van der Waals surface area (Å²) in [5, 5.41) is 0. The molecule has 0 nitrogen and oxygen atoms in total. The van der Waals surface area contributed by atoms with E-state index in [0.29, 0.717) is 0 Å². The molecule has 102 valence electrons. The van der Waals surface area contributed by atoms with Crippen LogP contribution in [0.5, 0.6) is 0 Å². The molecule has 4 aliphatic rings. The Balaban J connectivity index is 1.27. The van der Waals surface area contributed by atoms with Crippen molar-refractivity contribution in [2.45, 2.75) is 71.1 Å². The molecule has 18 heavy (non-hydrogen) atoms. The van der Waals surface area contributed by atoms with E-state index >= 15 is 0 Å². The predicted molar refractivity (Wildman–Crippen MR) is 76.3 cm³/mol. The zero-order valence-electron chi connectivity index (χ0n) is 12.1. The molecule has 0 amide bonds. The molecule has 0 heterocycles. The maximum absolute atomic E-state index is 2.58. The highest BCUT2D eigenvalue weighted by Gasteiger charge is 2.43. The van der Waals surface area contributed by atoms with Crippen LogP contribution in [0, 0.1) is 41.4 Å². The first kappa shape index (κ1) is 11.8. The van der Waals surface area contributed by atoms with Crippen molar-refractivity contribution >= 4 is 0 Å². The molecule has 7 atom stereocenters. The van der Waals surface area contributed by atoms with Crippen molar-refractivity contribution in [3.63, 3.8) is 0 Å². The fourth-order valence-corrected chi connectivity index (χ4v) is 6.41. The lowest BCUT2D eigenvalue weighted by molar-refractivity contribution is 0.206. The van der Waals surface area contributed by atoms with Crippen LogP contribution < -0.4 is 0 Å². The summed E-state index contributed by atoms with van der Waals surface area (Å²) < 4.78 is 0. The number of hydrogen-bond donors (Lipinski definition) is 0. The second-order valence-electron chi connectivity index (χ2n) is 8.33. The second-order valence-corrected chi connectivity index (χ2v) is 8.33. The molecule has 0 saturated heterocycles. The molecule has 0 aromatic heterocycles. The standard InChI is InChI=1S/C18H30/c1-12(18-11-14-4-7-17(18)10-14)2-5-15-8-13-3-6-16(15)9-13/h12-18H,2-11H2,1H3. The molecule has 4 saturated carbocycles. The number of rotatable bonds is 4. The normalized spacial score (nSPS) is 51.2. The average molecular weight is 246 g/mol. The minimum absolute atomic E-state index is 1.04. The van der Waals surface area contributed by atoms with Crippen molar-refractivity contribution in [3.8, 4) is 0 Å². The lowest BCUT2D eigenvalue weighted by Gasteiger charge is -2.30. The van der Waals surface area contributed by atoms with Crippen molar-refractivity contribution in [1.82, 2.24) is 0 Å². The third kappa shape index (κ3) is 1.95. The van der Waals surface area contributed by atoms with Crippen LogP contribution in [0.2, 0.25) is 0 Å². The van der Waals surface area contributed by atoms with Crippen LogP contribution in [0.25, 0.3) is 0 Å². The molecule has 4 rings (SSSR count). The lowest BCUT2D eigenvalue weighted by Crippen LogP contribution is -2.20. The second kappa shape index (κ2) is 4.53. The SMILES string of the molecule is CC(CCC1CC2CCC1C2)C1CC2CCC1C2. The lowest BCUT2D eigenvalue weighted by atomic mass is 9.76. The predicted octanol–water partition coefficient (Wildman–Crippen LogP) is 5.28. The Labute approximate surface area is 113 Å². The summed E-state index contributed by atoms with van der Waals surface area (Å²) in [6.07, 6.45) is 15.8. The van der Waals surface area contributed by atoms with Gasteiger partial charge in [0.15, 0.2) is 0 Å². The van der Waals surface area contributed by atoms with Crippen LogP contribution in [-0.2, 0) is 0 Å². The van der Waals surface area contributed by atoms with Gasteiger partial charge in [-0.05, 0) is 86.4 Å². The Morgan fingerprint density at radius 2 is 1.56 bits per heavy atom. The van der Waals surface area contributed by atoms with Crippen LogP contribution in [0.1, 0.15) is 71.1 Å². The largest absolute Gasteiger partial charge is 0.0622 e. The molecule has 4 aliphatic carbocycles. The first-order valence-electron chi connectivity index (χ1n) is 8.79. The highest BCUT2D eigenvalue weighted by molar-refractivity contribution is 4.93. The molecule has 0 heteroatoms. The molecule has 0 spiro atoms. The van der Waals surface area contributed by atoms with Gasteiger partial charge in [-0.1, -0.05) is 26.2 Å². The Hall–Kier alpha value is 0. The molecular weight excluding hydrogens is 216 g/mol. The van der Waals surface area contributed by atoms with Gasteiger partial charge in [0.2, 0.25) is 0 Å². The van der Waals surface area contributed by atoms with Crippen molar-refractivity contribution in [1.29, 1.82) is 0 Å². The molecule has 4 fully saturated rings. The van der Waals surface area contributed by atoms with Crippen LogP contribution in [0.15, 0.2) is 0 Å². The highest BCUT2D eigenvalue weighted by atomic mass is 14.5. The average Bonchev–Trinajstić information content (AvgIpc) is 3.13. The summed E-state index contributed by atoms with van der Waals surface area (Å²) in [6, 6.07) is 0. The molecule has 7 unspecified atom stereocenters. The maximum atomic E-state index is 2.58. The van der Waals surface area contributed by atoms with E-state index in [1.54, 1.807) is 64.2 Å². The third-order valence-corrected chi connectivity index (χ3v) is 7.40. The maximum Gasteiger partial charge on any atom is -0.0357 e. The van der Waals surface area contributed by atoms with Gasteiger partial charge < -0.3 is 0 Å². The Kier molecular flexibility index (Phi) is 2.97. The minimum atomic E-state index is 1.04. The molecule has 0 N–H and O–H groups in total. The van der Waals surface area contributed by atoms with Crippen molar-refractivity contribution in [3.05, 3.63) is 0 Å². The summed E-state index contributed by atoms with van der Waals surface area (Å²) >= 11 is 0. The van der Waals surface area contributed by atoms with E-state index < -0.39 is 0 Å². The van der Waals surface area contributed by atoms with E-state index in [2.05, 4.69) is 6.92 Å². The Morgan fingerprint density at radius 1 is 0.833 bits per heavy atom. The zero-order valence-corrected chi connectivity index (χ0v) is 12.1. The van der Waals surface area contributed by atoms with E-state index in [4.69, 9.17) is 0 Å². The smallest absolute Gasteiger partial charge is 0.0357 e. The number of hydrogen-bond acceptors (Lipinski definition) is 0. The van der Waals surface area contributed by atoms with E-state index in [1.807, 2.05) is 0 Å². The van der Waals surface area contributed by atoms with Gasteiger partial charge in [0, 0.05) is 0 Å². The summed E-state index contributed by atoms with van der Waals surface area (Å²) in [6.45, 7) is 2.58. The minimum Gasteiger partial charge on any atom is -0.0622 e. The van der Waals surface area contributed by atoms with Gasteiger partial charge in [-0.2, -0.15) is 0 Å². The van der Waals surface area contributed by atoms with E-state index in [9.17, 15) is 0 Å².